The number of aryl methyl sites for hydroxylation is 1. The van der Waals surface area contributed by atoms with Gasteiger partial charge in [0.05, 0.1) is 5.41 Å². The van der Waals surface area contributed by atoms with E-state index in [1.54, 1.807) is 19.2 Å². The minimum atomic E-state index is -0.463. The van der Waals surface area contributed by atoms with Crippen LogP contribution in [0.3, 0.4) is 0 Å². The quantitative estimate of drug-likeness (QED) is 0.588. The van der Waals surface area contributed by atoms with Gasteiger partial charge in [-0.15, -0.1) is 0 Å². The number of carbonyl (C=O) groups excluding carboxylic acids is 1. The molecule has 1 saturated heterocycles. The predicted molar refractivity (Wildman–Crippen MR) is 114 cm³/mol. The third kappa shape index (κ3) is 4.51. The third-order valence-electron chi connectivity index (χ3n) is 5.91. The molecule has 1 aromatic heterocycles. The van der Waals surface area contributed by atoms with Crippen molar-refractivity contribution in [3.63, 3.8) is 0 Å². The van der Waals surface area contributed by atoms with Crippen LogP contribution < -0.4 is 0 Å². The molecule has 1 aliphatic heterocycles. The maximum absolute atomic E-state index is 13.3. The smallest absolute Gasteiger partial charge is 0.257 e. The van der Waals surface area contributed by atoms with Crippen LogP contribution in [0.5, 0.6) is 0 Å². The molecule has 0 bridgehead atoms. The van der Waals surface area contributed by atoms with E-state index < -0.39 is 5.41 Å². The van der Waals surface area contributed by atoms with Crippen molar-refractivity contribution in [2.24, 2.45) is 0 Å². The van der Waals surface area contributed by atoms with Crippen molar-refractivity contribution in [3.05, 3.63) is 71.3 Å². The number of hydrogen-bond acceptors (Lipinski definition) is 5. The first kappa shape index (κ1) is 21.2. The molecular formula is C24H26FN3O3. The van der Waals surface area contributed by atoms with Crippen molar-refractivity contribution >= 4 is 5.91 Å². The zero-order valence-electron chi connectivity index (χ0n) is 17.8. The second-order valence-corrected chi connectivity index (χ2v) is 8.15. The van der Waals surface area contributed by atoms with Gasteiger partial charge in [-0.05, 0) is 62.6 Å². The van der Waals surface area contributed by atoms with Gasteiger partial charge in [-0.1, -0.05) is 22.9 Å². The molecule has 7 heteroatoms. The molecule has 0 N–H and O–H groups in total. The van der Waals surface area contributed by atoms with E-state index in [2.05, 4.69) is 10.1 Å². The van der Waals surface area contributed by atoms with Gasteiger partial charge in [-0.3, -0.25) is 4.79 Å². The summed E-state index contributed by atoms with van der Waals surface area (Å²) in [5.41, 5.74) is 1.93. The van der Waals surface area contributed by atoms with Gasteiger partial charge in [0.25, 0.3) is 11.8 Å². The highest BCUT2D eigenvalue weighted by molar-refractivity contribution is 5.94. The van der Waals surface area contributed by atoms with Crippen molar-refractivity contribution < 1.29 is 18.4 Å². The lowest BCUT2D eigenvalue weighted by atomic mass is 9.76. The molecular weight excluding hydrogens is 397 g/mol. The number of ether oxygens (including phenoxy) is 1. The van der Waals surface area contributed by atoms with Crippen molar-refractivity contribution in [2.75, 3.05) is 26.8 Å². The van der Waals surface area contributed by atoms with E-state index in [9.17, 15) is 9.18 Å². The highest BCUT2D eigenvalue weighted by Gasteiger charge is 2.42. The van der Waals surface area contributed by atoms with Gasteiger partial charge in [0.1, 0.15) is 5.82 Å². The Bertz CT molecular complexity index is 1050. The number of benzene rings is 2. The first-order valence-corrected chi connectivity index (χ1v) is 10.5. The van der Waals surface area contributed by atoms with E-state index in [4.69, 9.17) is 9.26 Å². The Kier molecular flexibility index (Phi) is 6.13. The average molecular weight is 423 g/mol. The van der Waals surface area contributed by atoms with Crippen molar-refractivity contribution in [2.45, 2.75) is 31.6 Å². The third-order valence-corrected chi connectivity index (χ3v) is 5.91. The highest BCUT2D eigenvalue weighted by atomic mass is 19.1. The molecule has 0 aliphatic carbocycles. The molecule has 6 nitrogen and oxygen atoms in total. The molecule has 2 aromatic carbocycles. The minimum Gasteiger partial charge on any atom is -0.385 e. The predicted octanol–water partition coefficient (Wildman–Crippen LogP) is 4.39. The van der Waals surface area contributed by atoms with Crippen LogP contribution in [0.1, 0.15) is 41.0 Å². The maximum Gasteiger partial charge on any atom is 0.257 e. The van der Waals surface area contributed by atoms with Gasteiger partial charge < -0.3 is 14.2 Å². The average Bonchev–Trinajstić information content (AvgIpc) is 3.29. The summed E-state index contributed by atoms with van der Waals surface area (Å²) < 4.78 is 24.1. The fourth-order valence-corrected chi connectivity index (χ4v) is 4.21. The van der Waals surface area contributed by atoms with Gasteiger partial charge in [-0.25, -0.2) is 4.39 Å². The molecule has 1 unspecified atom stereocenters. The Balaban J connectivity index is 1.63. The van der Waals surface area contributed by atoms with Gasteiger partial charge in [0.15, 0.2) is 5.82 Å². The zero-order chi connectivity index (χ0) is 21.8. The molecule has 2 heterocycles. The van der Waals surface area contributed by atoms with E-state index in [0.29, 0.717) is 49.0 Å². The molecule has 1 fully saturated rings. The van der Waals surface area contributed by atoms with E-state index in [1.807, 2.05) is 36.1 Å². The fourth-order valence-electron chi connectivity index (χ4n) is 4.21. The molecule has 1 aliphatic rings. The molecule has 0 radical (unpaired) electrons. The summed E-state index contributed by atoms with van der Waals surface area (Å²) in [6.07, 6.45) is 2.33. The molecule has 3 aromatic rings. The van der Waals surface area contributed by atoms with Crippen LogP contribution in [0.15, 0.2) is 53.1 Å². The molecule has 1 amide bonds. The van der Waals surface area contributed by atoms with Crippen LogP contribution in [0.25, 0.3) is 11.5 Å². The standard InChI is InChI=1S/C24H26FN3O3/c1-17-5-3-6-19(15-17)22(29)28-13-4-11-24(16-28,12-14-30-2)23-26-21(31-27-23)18-7-9-20(25)10-8-18/h3,5-10,15H,4,11-14,16H2,1-2H3. The summed E-state index contributed by atoms with van der Waals surface area (Å²) in [4.78, 5) is 19.7. The number of piperidine rings is 1. The second-order valence-electron chi connectivity index (χ2n) is 8.15. The minimum absolute atomic E-state index is 0.00689. The van der Waals surface area contributed by atoms with Crippen molar-refractivity contribution in [3.8, 4) is 11.5 Å². The normalized spacial score (nSPS) is 18.9. The van der Waals surface area contributed by atoms with Crippen LogP contribution in [0.4, 0.5) is 4.39 Å². The zero-order valence-corrected chi connectivity index (χ0v) is 17.8. The number of amides is 1. The number of carbonyl (C=O) groups is 1. The summed E-state index contributed by atoms with van der Waals surface area (Å²) >= 11 is 0. The fraction of sp³-hybridized carbons (Fsp3) is 0.375. The topological polar surface area (TPSA) is 68.5 Å². The largest absolute Gasteiger partial charge is 0.385 e. The first-order valence-electron chi connectivity index (χ1n) is 10.5. The van der Waals surface area contributed by atoms with Crippen LogP contribution >= 0.6 is 0 Å². The highest BCUT2D eigenvalue weighted by Crippen LogP contribution is 2.37. The Morgan fingerprint density at radius 2 is 2.06 bits per heavy atom. The van der Waals surface area contributed by atoms with Gasteiger partial charge in [0, 0.05) is 37.9 Å². The Morgan fingerprint density at radius 1 is 1.26 bits per heavy atom. The number of methoxy groups -OCH3 is 1. The summed E-state index contributed by atoms with van der Waals surface area (Å²) in [7, 11) is 1.66. The van der Waals surface area contributed by atoms with E-state index >= 15 is 0 Å². The lowest BCUT2D eigenvalue weighted by Crippen LogP contribution is -2.49. The Morgan fingerprint density at radius 3 is 2.81 bits per heavy atom. The van der Waals surface area contributed by atoms with Crippen LogP contribution in [0.2, 0.25) is 0 Å². The van der Waals surface area contributed by atoms with Crippen LogP contribution in [-0.4, -0.2) is 47.8 Å². The molecule has 162 valence electrons. The van der Waals surface area contributed by atoms with Crippen LogP contribution in [0, 0.1) is 12.7 Å². The number of hydrogen-bond donors (Lipinski definition) is 0. The monoisotopic (exact) mass is 423 g/mol. The lowest BCUT2D eigenvalue weighted by Gasteiger charge is -2.41. The summed E-state index contributed by atoms with van der Waals surface area (Å²) in [6, 6.07) is 13.6. The molecule has 0 spiro atoms. The van der Waals surface area contributed by atoms with Crippen molar-refractivity contribution in [1.29, 1.82) is 0 Å². The van der Waals surface area contributed by atoms with Gasteiger partial charge >= 0.3 is 0 Å². The Hall–Kier alpha value is -3.06. The molecule has 4 rings (SSSR count). The number of nitrogens with zero attached hydrogens (tertiary/aromatic N) is 3. The molecule has 0 saturated carbocycles. The number of rotatable bonds is 6. The molecule has 31 heavy (non-hydrogen) atoms. The maximum atomic E-state index is 13.3. The van der Waals surface area contributed by atoms with Crippen molar-refractivity contribution in [1.82, 2.24) is 15.0 Å². The number of aromatic nitrogens is 2. The van der Waals surface area contributed by atoms with E-state index in [1.165, 1.54) is 12.1 Å². The Labute approximate surface area is 181 Å². The lowest BCUT2D eigenvalue weighted by molar-refractivity contribution is 0.0567. The number of halogens is 1. The summed E-state index contributed by atoms with van der Waals surface area (Å²) in [5, 5.41) is 4.27. The second kappa shape index (κ2) is 8.98. The summed E-state index contributed by atoms with van der Waals surface area (Å²) in [6.45, 7) is 3.68. The van der Waals surface area contributed by atoms with E-state index in [0.717, 1.165) is 18.4 Å². The van der Waals surface area contributed by atoms with Gasteiger partial charge in [0.2, 0.25) is 0 Å². The van der Waals surface area contributed by atoms with Gasteiger partial charge in [-0.2, -0.15) is 4.98 Å². The van der Waals surface area contributed by atoms with E-state index in [-0.39, 0.29) is 11.7 Å². The van der Waals surface area contributed by atoms with Crippen LogP contribution in [-0.2, 0) is 10.2 Å². The SMILES string of the molecule is COCCC1(c2noc(-c3ccc(F)cc3)n2)CCCN(C(=O)c2cccc(C)c2)C1. The first-order chi connectivity index (χ1) is 15.0. The summed E-state index contributed by atoms with van der Waals surface area (Å²) in [5.74, 6) is 0.588. The number of likely N-dealkylation sites (tertiary alicyclic amines) is 1. The molecule has 1 atom stereocenters.